The van der Waals surface area contributed by atoms with Crippen molar-refractivity contribution in [3.63, 3.8) is 0 Å². The van der Waals surface area contributed by atoms with Crippen LogP contribution in [0, 0.1) is 12.8 Å². The van der Waals surface area contributed by atoms with Crippen LogP contribution in [-0.2, 0) is 6.42 Å². The van der Waals surface area contributed by atoms with Crippen LogP contribution in [0.1, 0.15) is 16.8 Å². The second kappa shape index (κ2) is 3.83. The maximum Gasteiger partial charge on any atom is 0.0896 e. The number of aliphatic hydroxyl groups is 1. The average Bonchev–Trinajstić information content (AvgIpc) is 2.35. The zero-order chi connectivity index (χ0) is 8.27. The van der Waals surface area contributed by atoms with Crippen molar-refractivity contribution < 1.29 is 5.11 Å². The molecule has 1 aromatic rings. The Morgan fingerprint density at radius 2 is 2.45 bits per heavy atom. The smallest absolute Gasteiger partial charge is 0.0896 e. The number of nitrogens with zero attached hydrogens (tertiary/aromatic N) is 1. The Hall–Kier alpha value is -0.410. The van der Waals surface area contributed by atoms with E-state index in [0.717, 1.165) is 11.4 Å². The fraction of sp³-hybridized carbons (Fsp3) is 0.625. The summed E-state index contributed by atoms with van der Waals surface area (Å²) >= 11 is 1.71. The van der Waals surface area contributed by atoms with Gasteiger partial charge in [-0.25, -0.2) is 4.98 Å². The van der Waals surface area contributed by atoms with Crippen LogP contribution in [0.3, 0.4) is 0 Å². The summed E-state index contributed by atoms with van der Waals surface area (Å²) in [4.78, 5) is 5.41. The van der Waals surface area contributed by atoms with E-state index < -0.39 is 0 Å². The molecule has 0 saturated heterocycles. The van der Waals surface area contributed by atoms with Gasteiger partial charge >= 0.3 is 0 Å². The first-order chi connectivity index (χ1) is 5.22. The molecule has 0 unspecified atom stereocenters. The van der Waals surface area contributed by atoms with Crippen LogP contribution >= 0.6 is 11.3 Å². The Balaban J connectivity index is 2.50. The van der Waals surface area contributed by atoms with Gasteiger partial charge in [0.2, 0.25) is 0 Å². The second-order valence-electron chi connectivity index (χ2n) is 2.84. The Labute approximate surface area is 70.9 Å². The minimum absolute atomic E-state index is 0.261. The number of hydrogen-bond donors (Lipinski definition) is 1. The SMILES string of the molecule is Cc1ncc(C[C@@H](C)CO)s1. The van der Waals surface area contributed by atoms with Crippen molar-refractivity contribution >= 4 is 11.3 Å². The molecule has 3 heteroatoms. The van der Waals surface area contributed by atoms with E-state index in [1.807, 2.05) is 20.0 Å². The van der Waals surface area contributed by atoms with Gasteiger partial charge in [0.25, 0.3) is 0 Å². The molecule has 0 aliphatic carbocycles. The summed E-state index contributed by atoms with van der Waals surface area (Å²) in [6.45, 7) is 4.30. The Kier molecular flexibility index (Phi) is 3.02. The van der Waals surface area contributed by atoms with Gasteiger partial charge in [0.1, 0.15) is 0 Å². The molecule has 0 radical (unpaired) electrons. The van der Waals surface area contributed by atoms with Crippen LogP contribution in [0.5, 0.6) is 0 Å². The minimum Gasteiger partial charge on any atom is -0.396 e. The maximum absolute atomic E-state index is 8.79. The maximum atomic E-state index is 8.79. The molecule has 1 N–H and O–H groups in total. The highest BCUT2D eigenvalue weighted by Gasteiger charge is 2.03. The monoisotopic (exact) mass is 171 g/mol. The third-order valence-corrected chi connectivity index (χ3v) is 2.47. The van der Waals surface area contributed by atoms with Gasteiger partial charge in [-0.1, -0.05) is 6.92 Å². The zero-order valence-corrected chi connectivity index (χ0v) is 7.69. The topological polar surface area (TPSA) is 33.1 Å². The normalized spacial score (nSPS) is 13.4. The number of thiazole rings is 1. The second-order valence-corrected chi connectivity index (χ2v) is 4.16. The van der Waals surface area contributed by atoms with E-state index in [2.05, 4.69) is 4.98 Å². The molecule has 1 atom stereocenters. The van der Waals surface area contributed by atoms with Crippen molar-refractivity contribution in [2.45, 2.75) is 20.3 Å². The van der Waals surface area contributed by atoms with E-state index in [1.165, 1.54) is 4.88 Å². The van der Waals surface area contributed by atoms with E-state index in [0.29, 0.717) is 5.92 Å². The van der Waals surface area contributed by atoms with Crippen LogP contribution in [0.4, 0.5) is 0 Å². The van der Waals surface area contributed by atoms with Gasteiger partial charge in [0, 0.05) is 17.7 Å². The van der Waals surface area contributed by atoms with Gasteiger partial charge in [-0.05, 0) is 19.3 Å². The number of aromatic nitrogens is 1. The van der Waals surface area contributed by atoms with Crippen molar-refractivity contribution in [2.24, 2.45) is 5.92 Å². The standard InChI is InChI=1S/C8H13NOS/c1-6(5-10)3-8-4-9-7(2)11-8/h4,6,10H,3,5H2,1-2H3/t6-/m1/s1. The fourth-order valence-electron chi connectivity index (χ4n) is 0.908. The molecule has 1 rings (SSSR count). The summed E-state index contributed by atoms with van der Waals surface area (Å²) in [5.74, 6) is 0.356. The van der Waals surface area contributed by atoms with Crippen molar-refractivity contribution in [3.05, 3.63) is 16.1 Å². The van der Waals surface area contributed by atoms with E-state index in [-0.39, 0.29) is 6.61 Å². The predicted octanol–water partition coefficient (Wildman–Crippen LogP) is 1.62. The van der Waals surface area contributed by atoms with Gasteiger partial charge in [-0.3, -0.25) is 0 Å². The molecule has 0 bridgehead atoms. The summed E-state index contributed by atoms with van der Waals surface area (Å²) in [6.07, 6.45) is 2.84. The van der Waals surface area contributed by atoms with Crippen molar-refractivity contribution in [1.82, 2.24) is 4.98 Å². The molecule has 0 fully saturated rings. The summed E-state index contributed by atoms with van der Waals surface area (Å²) in [5.41, 5.74) is 0. The molecule has 1 aromatic heterocycles. The molecular weight excluding hydrogens is 158 g/mol. The van der Waals surface area contributed by atoms with Crippen LogP contribution < -0.4 is 0 Å². The van der Waals surface area contributed by atoms with Crippen LogP contribution in [0.2, 0.25) is 0 Å². The van der Waals surface area contributed by atoms with Crippen LogP contribution in [-0.4, -0.2) is 16.7 Å². The van der Waals surface area contributed by atoms with Crippen molar-refractivity contribution in [1.29, 1.82) is 0 Å². The van der Waals surface area contributed by atoms with Crippen LogP contribution in [0.25, 0.3) is 0 Å². The molecule has 0 aliphatic heterocycles. The first-order valence-electron chi connectivity index (χ1n) is 3.74. The summed E-state index contributed by atoms with van der Waals surface area (Å²) in [5, 5.41) is 9.89. The third kappa shape index (κ3) is 2.60. The van der Waals surface area contributed by atoms with Crippen molar-refractivity contribution in [2.75, 3.05) is 6.61 Å². The van der Waals surface area contributed by atoms with Crippen LogP contribution in [0.15, 0.2) is 6.20 Å². The largest absolute Gasteiger partial charge is 0.396 e. The molecule has 0 aromatic carbocycles. The summed E-state index contributed by atoms with van der Waals surface area (Å²) in [7, 11) is 0. The quantitative estimate of drug-likeness (QED) is 0.749. The summed E-state index contributed by atoms with van der Waals surface area (Å²) < 4.78 is 0. The lowest BCUT2D eigenvalue weighted by Crippen LogP contribution is -2.02. The highest BCUT2D eigenvalue weighted by molar-refractivity contribution is 7.11. The van der Waals surface area contributed by atoms with E-state index in [4.69, 9.17) is 5.11 Å². The molecule has 11 heavy (non-hydrogen) atoms. The van der Waals surface area contributed by atoms with Gasteiger partial charge in [0.15, 0.2) is 0 Å². The molecule has 0 aliphatic rings. The Morgan fingerprint density at radius 3 is 2.91 bits per heavy atom. The number of rotatable bonds is 3. The minimum atomic E-state index is 0.261. The van der Waals surface area contributed by atoms with Gasteiger partial charge in [-0.2, -0.15) is 0 Å². The van der Waals surface area contributed by atoms with Gasteiger partial charge < -0.3 is 5.11 Å². The third-order valence-electron chi connectivity index (χ3n) is 1.53. The Morgan fingerprint density at radius 1 is 1.73 bits per heavy atom. The lowest BCUT2D eigenvalue weighted by Gasteiger charge is -2.02. The lowest BCUT2D eigenvalue weighted by molar-refractivity contribution is 0.237. The average molecular weight is 171 g/mol. The molecule has 0 spiro atoms. The molecule has 0 amide bonds. The molecular formula is C8H13NOS. The highest BCUT2D eigenvalue weighted by Crippen LogP contribution is 2.15. The van der Waals surface area contributed by atoms with E-state index >= 15 is 0 Å². The number of aryl methyl sites for hydroxylation is 1. The van der Waals surface area contributed by atoms with E-state index in [9.17, 15) is 0 Å². The Bertz CT molecular complexity index is 222. The van der Waals surface area contributed by atoms with Gasteiger partial charge in [-0.15, -0.1) is 11.3 Å². The van der Waals surface area contributed by atoms with E-state index in [1.54, 1.807) is 11.3 Å². The zero-order valence-electron chi connectivity index (χ0n) is 6.87. The number of hydrogen-bond acceptors (Lipinski definition) is 3. The lowest BCUT2D eigenvalue weighted by atomic mass is 10.1. The predicted molar refractivity (Wildman–Crippen MR) is 46.8 cm³/mol. The first-order valence-corrected chi connectivity index (χ1v) is 4.56. The molecule has 1 heterocycles. The summed E-state index contributed by atoms with van der Waals surface area (Å²) in [6, 6.07) is 0. The fourth-order valence-corrected chi connectivity index (χ4v) is 1.87. The molecule has 0 saturated carbocycles. The van der Waals surface area contributed by atoms with Gasteiger partial charge in [0.05, 0.1) is 5.01 Å². The highest BCUT2D eigenvalue weighted by atomic mass is 32.1. The molecule has 2 nitrogen and oxygen atoms in total. The first kappa shape index (κ1) is 8.68. The molecule has 62 valence electrons. The van der Waals surface area contributed by atoms with Crippen molar-refractivity contribution in [3.8, 4) is 0 Å². The number of aliphatic hydroxyl groups excluding tert-OH is 1.